The second-order valence-electron chi connectivity index (χ2n) is 3.77. The van der Waals surface area contributed by atoms with Crippen molar-refractivity contribution in [1.29, 1.82) is 0 Å². The summed E-state index contributed by atoms with van der Waals surface area (Å²) in [5.74, 6) is -1.00. The van der Waals surface area contributed by atoms with E-state index >= 15 is 0 Å². The number of hydrogen-bond acceptors (Lipinski definition) is 3. The zero-order valence-corrected chi connectivity index (χ0v) is 10.4. The van der Waals surface area contributed by atoms with Crippen molar-refractivity contribution in [2.45, 2.75) is 19.4 Å². The van der Waals surface area contributed by atoms with Gasteiger partial charge in [-0.2, -0.15) is 0 Å². The third-order valence-electron chi connectivity index (χ3n) is 2.32. The van der Waals surface area contributed by atoms with E-state index in [1.807, 2.05) is 0 Å². The molecule has 1 unspecified atom stereocenters. The normalized spacial score (nSPS) is 11.9. The van der Waals surface area contributed by atoms with Crippen LogP contribution >= 0.6 is 11.6 Å². The minimum atomic E-state index is -0.787. The number of benzene rings is 1. The van der Waals surface area contributed by atoms with E-state index in [1.165, 1.54) is 0 Å². The van der Waals surface area contributed by atoms with Gasteiger partial charge in [0, 0.05) is 11.9 Å². The van der Waals surface area contributed by atoms with Crippen molar-refractivity contribution in [3.05, 3.63) is 39.7 Å². The molecule has 0 saturated carbocycles. The number of amides is 1. The third kappa shape index (κ3) is 3.66. The Labute approximate surface area is 108 Å². The van der Waals surface area contributed by atoms with E-state index in [0.717, 1.165) is 18.2 Å². The van der Waals surface area contributed by atoms with Gasteiger partial charge in [-0.05, 0) is 25.5 Å². The van der Waals surface area contributed by atoms with Gasteiger partial charge in [0.05, 0.1) is 11.0 Å². The largest absolute Gasteiger partial charge is 0.349 e. The van der Waals surface area contributed by atoms with Crippen LogP contribution in [-0.4, -0.2) is 22.8 Å². The maximum atomic E-state index is 12.9. The Hall–Kier alpha value is -1.69. The Morgan fingerprint density at radius 3 is 2.83 bits per heavy atom. The van der Waals surface area contributed by atoms with Crippen LogP contribution in [0.1, 0.15) is 23.7 Å². The Bertz CT molecular complexity index is 468. The van der Waals surface area contributed by atoms with Crippen LogP contribution in [0.15, 0.2) is 18.2 Å². The number of nitrogens with one attached hydrogen (secondary N) is 1. The van der Waals surface area contributed by atoms with E-state index < -0.39 is 22.3 Å². The van der Waals surface area contributed by atoms with Crippen molar-refractivity contribution in [2.24, 2.45) is 0 Å². The molecule has 0 heterocycles. The van der Waals surface area contributed by atoms with Crippen LogP contribution in [0.4, 0.5) is 10.1 Å². The first kappa shape index (κ1) is 14.4. The summed E-state index contributed by atoms with van der Waals surface area (Å²) in [5, 5.41) is 13.3. The first-order chi connectivity index (χ1) is 8.45. The predicted molar refractivity (Wildman–Crippen MR) is 65.3 cm³/mol. The molecule has 5 nitrogen and oxygen atoms in total. The van der Waals surface area contributed by atoms with E-state index in [-0.39, 0.29) is 11.6 Å². The molecule has 0 saturated heterocycles. The number of rotatable bonds is 5. The Kier molecular flexibility index (Phi) is 5.03. The summed E-state index contributed by atoms with van der Waals surface area (Å²) in [7, 11) is 0. The lowest BCUT2D eigenvalue weighted by molar-refractivity contribution is -0.385. The molecule has 1 aromatic carbocycles. The topological polar surface area (TPSA) is 72.2 Å². The van der Waals surface area contributed by atoms with Gasteiger partial charge in [-0.1, -0.05) is 0 Å². The highest BCUT2D eigenvalue weighted by molar-refractivity contribution is 6.17. The number of nitro groups is 1. The van der Waals surface area contributed by atoms with Crippen LogP contribution in [0, 0.1) is 15.9 Å². The van der Waals surface area contributed by atoms with Crippen molar-refractivity contribution in [3.8, 4) is 0 Å². The van der Waals surface area contributed by atoms with Gasteiger partial charge >= 0.3 is 0 Å². The zero-order chi connectivity index (χ0) is 13.7. The predicted octanol–water partition coefficient (Wildman–Crippen LogP) is 2.48. The number of alkyl halides is 1. The fraction of sp³-hybridized carbons (Fsp3) is 0.364. The number of carbonyl (C=O) groups is 1. The highest BCUT2D eigenvalue weighted by atomic mass is 35.5. The Morgan fingerprint density at radius 1 is 1.61 bits per heavy atom. The van der Waals surface area contributed by atoms with Crippen LogP contribution < -0.4 is 5.32 Å². The summed E-state index contributed by atoms with van der Waals surface area (Å²) in [4.78, 5) is 21.7. The highest BCUT2D eigenvalue weighted by Crippen LogP contribution is 2.19. The molecule has 7 heteroatoms. The SMILES string of the molecule is CC(CCCl)NC(=O)c1ccc(F)cc1[N+](=O)[O-]. The first-order valence-corrected chi connectivity index (χ1v) is 5.80. The summed E-state index contributed by atoms with van der Waals surface area (Å²) in [5.41, 5.74) is -0.714. The van der Waals surface area contributed by atoms with Crippen LogP contribution in [-0.2, 0) is 0 Å². The fourth-order valence-electron chi connectivity index (χ4n) is 1.39. The zero-order valence-electron chi connectivity index (χ0n) is 9.65. The average molecular weight is 275 g/mol. The summed E-state index contributed by atoms with van der Waals surface area (Å²) >= 11 is 5.52. The lowest BCUT2D eigenvalue weighted by Crippen LogP contribution is -2.33. The molecule has 0 aliphatic rings. The molecule has 0 aliphatic carbocycles. The Morgan fingerprint density at radius 2 is 2.28 bits per heavy atom. The minimum Gasteiger partial charge on any atom is -0.349 e. The van der Waals surface area contributed by atoms with Crippen molar-refractivity contribution in [3.63, 3.8) is 0 Å². The molecule has 1 N–H and O–H groups in total. The molecule has 0 bridgehead atoms. The summed E-state index contributed by atoms with van der Waals surface area (Å²) in [6.45, 7) is 1.73. The standard InChI is InChI=1S/C11H12ClFN2O3/c1-7(4-5-12)14-11(16)9-3-2-8(13)6-10(9)15(17)18/h2-3,6-7H,4-5H2,1H3,(H,14,16). The first-order valence-electron chi connectivity index (χ1n) is 5.26. The summed E-state index contributed by atoms with van der Waals surface area (Å²) in [6.07, 6.45) is 0.544. The van der Waals surface area contributed by atoms with Gasteiger partial charge in [0.2, 0.25) is 0 Å². The molecule has 0 spiro atoms. The van der Waals surface area contributed by atoms with E-state index in [1.54, 1.807) is 6.92 Å². The van der Waals surface area contributed by atoms with Crippen LogP contribution in [0.25, 0.3) is 0 Å². The van der Waals surface area contributed by atoms with Crippen LogP contribution in [0.2, 0.25) is 0 Å². The maximum Gasteiger partial charge on any atom is 0.285 e. The third-order valence-corrected chi connectivity index (χ3v) is 2.54. The van der Waals surface area contributed by atoms with E-state index in [0.29, 0.717) is 12.3 Å². The molecule has 1 rings (SSSR count). The highest BCUT2D eigenvalue weighted by Gasteiger charge is 2.21. The smallest absolute Gasteiger partial charge is 0.285 e. The molecule has 1 atom stereocenters. The lowest BCUT2D eigenvalue weighted by atomic mass is 10.1. The average Bonchev–Trinajstić information content (AvgIpc) is 2.28. The van der Waals surface area contributed by atoms with Crippen LogP contribution in [0.5, 0.6) is 0 Å². The monoisotopic (exact) mass is 274 g/mol. The van der Waals surface area contributed by atoms with Crippen molar-refractivity contribution < 1.29 is 14.1 Å². The summed E-state index contributed by atoms with van der Waals surface area (Å²) in [6, 6.07) is 2.62. The fourth-order valence-corrected chi connectivity index (χ4v) is 1.71. The number of hydrogen-bond donors (Lipinski definition) is 1. The number of nitro benzene ring substituents is 1. The Balaban J connectivity index is 2.95. The van der Waals surface area contributed by atoms with Crippen molar-refractivity contribution in [1.82, 2.24) is 5.32 Å². The van der Waals surface area contributed by atoms with Gasteiger partial charge in [0.1, 0.15) is 11.4 Å². The van der Waals surface area contributed by atoms with Gasteiger partial charge in [0.15, 0.2) is 0 Å². The molecular formula is C11H12ClFN2O3. The van der Waals surface area contributed by atoms with E-state index in [9.17, 15) is 19.3 Å². The van der Waals surface area contributed by atoms with Gasteiger partial charge in [-0.3, -0.25) is 14.9 Å². The molecular weight excluding hydrogens is 263 g/mol. The molecule has 18 heavy (non-hydrogen) atoms. The molecule has 0 fully saturated rings. The van der Waals surface area contributed by atoms with Gasteiger partial charge in [-0.15, -0.1) is 11.6 Å². The maximum absolute atomic E-state index is 12.9. The molecule has 0 aliphatic heterocycles. The van der Waals surface area contributed by atoms with Crippen LogP contribution in [0.3, 0.4) is 0 Å². The van der Waals surface area contributed by atoms with E-state index in [2.05, 4.69) is 5.32 Å². The number of halogens is 2. The number of nitrogens with zero attached hydrogens (tertiary/aromatic N) is 1. The quantitative estimate of drug-likeness (QED) is 0.509. The van der Waals surface area contributed by atoms with E-state index in [4.69, 9.17) is 11.6 Å². The second-order valence-corrected chi connectivity index (χ2v) is 4.15. The van der Waals surface area contributed by atoms with Gasteiger partial charge in [0.25, 0.3) is 11.6 Å². The van der Waals surface area contributed by atoms with Gasteiger partial charge < -0.3 is 5.32 Å². The second kappa shape index (κ2) is 6.30. The lowest BCUT2D eigenvalue weighted by Gasteiger charge is -2.12. The minimum absolute atomic E-state index is 0.164. The molecule has 0 radical (unpaired) electrons. The van der Waals surface area contributed by atoms with Crippen molar-refractivity contribution in [2.75, 3.05) is 5.88 Å². The summed E-state index contributed by atoms with van der Waals surface area (Å²) < 4.78 is 12.9. The van der Waals surface area contributed by atoms with Gasteiger partial charge in [-0.25, -0.2) is 4.39 Å². The molecule has 98 valence electrons. The molecule has 1 amide bonds. The number of carbonyl (C=O) groups excluding carboxylic acids is 1. The van der Waals surface area contributed by atoms with Crippen molar-refractivity contribution >= 4 is 23.2 Å². The molecule has 0 aromatic heterocycles. The molecule has 1 aromatic rings.